The summed E-state index contributed by atoms with van der Waals surface area (Å²) in [4.78, 5) is 27.0. The number of benzene rings is 2. The highest BCUT2D eigenvalue weighted by Crippen LogP contribution is 2.35. The van der Waals surface area contributed by atoms with E-state index in [0.29, 0.717) is 17.9 Å². The summed E-state index contributed by atoms with van der Waals surface area (Å²) in [5.41, 5.74) is 1.11. The molecular weight excluding hydrogens is 412 g/mol. The molecule has 0 aliphatic rings. The monoisotopic (exact) mass is 434 g/mol. The number of carbonyl (C=O) groups excluding carboxylic acids is 1. The number of aromatic amines is 1. The number of aromatic nitrogens is 3. The van der Waals surface area contributed by atoms with Crippen molar-refractivity contribution < 1.29 is 19.4 Å². The van der Waals surface area contributed by atoms with Crippen molar-refractivity contribution >= 4 is 5.91 Å². The molecule has 164 valence electrons. The van der Waals surface area contributed by atoms with Crippen LogP contribution in [0.2, 0.25) is 0 Å². The maximum absolute atomic E-state index is 13.0. The highest BCUT2D eigenvalue weighted by Gasteiger charge is 2.23. The van der Waals surface area contributed by atoms with Crippen molar-refractivity contribution in [1.82, 2.24) is 19.7 Å². The Labute approximate surface area is 183 Å². The van der Waals surface area contributed by atoms with Crippen LogP contribution in [0, 0.1) is 0 Å². The number of furan rings is 1. The maximum atomic E-state index is 13.0. The first-order valence-electron chi connectivity index (χ1n) is 10.0. The van der Waals surface area contributed by atoms with Crippen LogP contribution in [0.1, 0.15) is 28.6 Å². The quantitative estimate of drug-likeness (QED) is 0.428. The second kappa shape index (κ2) is 8.46. The topological polar surface area (TPSA) is 125 Å². The summed E-state index contributed by atoms with van der Waals surface area (Å²) in [6.45, 7) is 2.16. The van der Waals surface area contributed by atoms with Gasteiger partial charge in [0.15, 0.2) is 5.82 Å². The van der Waals surface area contributed by atoms with Gasteiger partial charge in [-0.05, 0) is 36.2 Å². The lowest BCUT2D eigenvalue weighted by Crippen LogP contribution is -2.26. The van der Waals surface area contributed by atoms with Gasteiger partial charge in [0.2, 0.25) is 0 Å². The number of carbonyl (C=O) groups is 1. The van der Waals surface area contributed by atoms with Gasteiger partial charge >= 0.3 is 5.69 Å². The van der Waals surface area contributed by atoms with Crippen molar-refractivity contribution in [1.29, 1.82) is 0 Å². The molecule has 2 heterocycles. The first kappa shape index (κ1) is 21.0. The molecule has 2 aromatic carbocycles. The molecular formula is C23H22N4O5. The van der Waals surface area contributed by atoms with Crippen LogP contribution in [0.15, 0.2) is 64.0 Å². The number of amides is 1. The molecule has 0 unspecified atom stereocenters. The number of para-hydroxylation sites is 1. The summed E-state index contributed by atoms with van der Waals surface area (Å²) in [6.07, 6.45) is 2.19. The molecule has 9 nitrogen and oxygen atoms in total. The minimum Gasteiger partial charge on any atom is -0.507 e. The molecule has 0 fully saturated rings. The van der Waals surface area contributed by atoms with Gasteiger partial charge in [-0.1, -0.05) is 25.1 Å². The number of nitrogens with zero attached hydrogens (tertiary/aromatic N) is 3. The van der Waals surface area contributed by atoms with Gasteiger partial charge in [-0.2, -0.15) is 5.10 Å². The molecule has 4 rings (SSSR count). The van der Waals surface area contributed by atoms with Gasteiger partial charge in [-0.3, -0.25) is 4.79 Å². The minimum atomic E-state index is -0.490. The molecule has 0 spiro atoms. The van der Waals surface area contributed by atoms with E-state index in [9.17, 15) is 19.8 Å². The van der Waals surface area contributed by atoms with Gasteiger partial charge in [0.1, 0.15) is 17.3 Å². The van der Waals surface area contributed by atoms with E-state index in [2.05, 4.69) is 10.2 Å². The summed E-state index contributed by atoms with van der Waals surface area (Å²) in [5.74, 6) is -0.491. The van der Waals surface area contributed by atoms with E-state index in [-0.39, 0.29) is 35.0 Å². The Kier molecular flexibility index (Phi) is 5.55. The first-order chi connectivity index (χ1) is 15.4. The molecule has 1 amide bonds. The van der Waals surface area contributed by atoms with Gasteiger partial charge < -0.3 is 19.5 Å². The van der Waals surface area contributed by atoms with Gasteiger partial charge in [0, 0.05) is 13.1 Å². The van der Waals surface area contributed by atoms with E-state index in [1.165, 1.54) is 21.8 Å². The Morgan fingerprint density at radius 1 is 1.16 bits per heavy atom. The third-order valence-corrected chi connectivity index (χ3v) is 5.19. The molecule has 0 saturated carbocycles. The zero-order valence-corrected chi connectivity index (χ0v) is 17.6. The summed E-state index contributed by atoms with van der Waals surface area (Å²) in [5, 5.41) is 27.4. The van der Waals surface area contributed by atoms with Crippen molar-refractivity contribution in [3.8, 4) is 28.6 Å². The number of nitrogens with one attached hydrogen (secondary N) is 1. The molecule has 0 aliphatic carbocycles. The third kappa shape index (κ3) is 3.76. The molecule has 3 N–H and O–H groups in total. The molecule has 0 radical (unpaired) electrons. The van der Waals surface area contributed by atoms with Crippen molar-refractivity contribution in [3.63, 3.8) is 0 Å². The summed E-state index contributed by atoms with van der Waals surface area (Å²) in [6, 6.07) is 13.2. The second-order valence-electron chi connectivity index (χ2n) is 7.30. The normalized spacial score (nSPS) is 10.9. The van der Waals surface area contributed by atoms with Crippen LogP contribution >= 0.6 is 0 Å². The summed E-state index contributed by atoms with van der Waals surface area (Å²) < 4.78 is 6.61. The average molecular weight is 434 g/mol. The molecule has 2 aromatic heterocycles. The summed E-state index contributed by atoms with van der Waals surface area (Å²) >= 11 is 0. The molecule has 4 aromatic rings. The molecule has 0 aliphatic heterocycles. The van der Waals surface area contributed by atoms with Crippen molar-refractivity contribution in [2.75, 3.05) is 7.05 Å². The number of hydrogen-bond donors (Lipinski definition) is 3. The lowest BCUT2D eigenvalue weighted by atomic mass is 10.1. The molecule has 32 heavy (non-hydrogen) atoms. The number of aromatic hydroxyl groups is 2. The number of aryl methyl sites for hydroxylation is 1. The van der Waals surface area contributed by atoms with Crippen molar-refractivity contribution in [2.45, 2.75) is 19.9 Å². The zero-order chi connectivity index (χ0) is 22.8. The SMILES string of the molecule is CCc1ccccc1-n1c(-c2cc(C(=O)N(C)Cc3ccco3)c(O)cc2O)n[nH]c1=O. The van der Waals surface area contributed by atoms with Gasteiger partial charge in [0.25, 0.3) is 5.91 Å². The number of hydrogen-bond acceptors (Lipinski definition) is 6. The fourth-order valence-corrected chi connectivity index (χ4v) is 3.57. The van der Waals surface area contributed by atoms with E-state index < -0.39 is 11.6 Å². The maximum Gasteiger partial charge on any atom is 0.348 e. The Bertz CT molecular complexity index is 1320. The fourth-order valence-electron chi connectivity index (χ4n) is 3.57. The largest absolute Gasteiger partial charge is 0.507 e. The summed E-state index contributed by atoms with van der Waals surface area (Å²) in [7, 11) is 1.57. The second-order valence-corrected chi connectivity index (χ2v) is 7.30. The first-order valence-corrected chi connectivity index (χ1v) is 10.0. The standard InChI is InChI=1S/C23H22N4O5/c1-3-14-7-4-5-9-18(14)27-21(24-25-23(27)31)16-11-17(20(29)12-19(16)28)22(30)26(2)13-15-8-6-10-32-15/h4-12,28-29H,3,13H2,1-2H3,(H,25,31). The Morgan fingerprint density at radius 2 is 1.94 bits per heavy atom. The minimum absolute atomic E-state index is 0.0439. The van der Waals surface area contributed by atoms with E-state index in [1.807, 2.05) is 19.1 Å². The smallest absolute Gasteiger partial charge is 0.348 e. The number of rotatable bonds is 6. The lowest BCUT2D eigenvalue weighted by molar-refractivity contribution is 0.0772. The van der Waals surface area contributed by atoms with Crippen molar-refractivity contribution in [3.05, 3.63) is 82.2 Å². The van der Waals surface area contributed by atoms with Crippen LogP contribution in [-0.2, 0) is 13.0 Å². The van der Waals surface area contributed by atoms with Gasteiger partial charge in [0.05, 0.1) is 29.6 Å². The van der Waals surface area contributed by atoms with E-state index >= 15 is 0 Å². The predicted octanol–water partition coefficient (Wildman–Crippen LogP) is 3.07. The van der Waals surface area contributed by atoms with E-state index in [4.69, 9.17) is 4.42 Å². The zero-order valence-electron chi connectivity index (χ0n) is 17.6. The highest BCUT2D eigenvalue weighted by atomic mass is 16.3. The van der Waals surface area contributed by atoms with Gasteiger partial charge in [-0.25, -0.2) is 14.5 Å². The van der Waals surface area contributed by atoms with Crippen molar-refractivity contribution in [2.24, 2.45) is 0 Å². The van der Waals surface area contributed by atoms with E-state index in [1.54, 1.807) is 31.3 Å². The average Bonchev–Trinajstić information content (AvgIpc) is 3.43. The number of phenols is 2. The fraction of sp³-hybridized carbons (Fsp3) is 0.174. The lowest BCUT2D eigenvalue weighted by Gasteiger charge is -2.18. The van der Waals surface area contributed by atoms with Gasteiger partial charge in [-0.15, -0.1) is 0 Å². The number of phenolic OH excluding ortho intramolecular Hbond substituents is 2. The predicted molar refractivity (Wildman–Crippen MR) is 117 cm³/mol. The van der Waals surface area contributed by atoms with Crippen LogP contribution < -0.4 is 5.69 Å². The highest BCUT2D eigenvalue weighted by molar-refractivity contribution is 5.98. The van der Waals surface area contributed by atoms with Crippen LogP contribution in [0.4, 0.5) is 0 Å². The van der Waals surface area contributed by atoms with Crippen LogP contribution in [-0.4, -0.2) is 42.8 Å². The Balaban J connectivity index is 1.80. The molecule has 9 heteroatoms. The molecule has 0 saturated heterocycles. The van der Waals surface area contributed by atoms with Crippen LogP contribution in [0.3, 0.4) is 0 Å². The van der Waals surface area contributed by atoms with E-state index in [0.717, 1.165) is 11.6 Å². The van der Waals surface area contributed by atoms with Crippen LogP contribution in [0.25, 0.3) is 17.1 Å². The molecule has 0 atom stereocenters. The Morgan fingerprint density at radius 3 is 2.66 bits per heavy atom. The third-order valence-electron chi connectivity index (χ3n) is 5.19. The van der Waals surface area contributed by atoms with Crippen LogP contribution in [0.5, 0.6) is 11.5 Å². The Hall–Kier alpha value is -4.27. The number of H-pyrrole nitrogens is 1. The molecule has 0 bridgehead atoms.